The van der Waals surface area contributed by atoms with Crippen LogP contribution >= 0.6 is 0 Å². The fourth-order valence-electron chi connectivity index (χ4n) is 2.96. The molecular weight excluding hydrogens is 252 g/mol. The Morgan fingerprint density at radius 2 is 2.00 bits per heavy atom. The zero-order chi connectivity index (χ0) is 14.7. The van der Waals surface area contributed by atoms with Crippen LogP contribution in [0.1, 0.15) is 57.8 Å². The molecule has 20 heavy (non-hydrogen) atoms. The van der Waals surface area contributed by atoms with E-state index in [4.69, 9.17) is 9.47 Å². The van der Waals surface area contributed by atoms with Crippen molar-refractivity contribution in [2.45, 2.75) is 59.2 Å². The lowest BCUT2D eigenvalue weighted by Crippen LogP contribution is -2.13. The van der Waals surface area contributed by atoms with Gasteiger partial charge in [0.1, 0.15) is 17.6 Å². The predicted octanol–water partition coefficient (Wildman–Crippen LogP) is 3.88. The Hall–Kier alpha value is -1.22. The van der Waals surface area contributed by atoms with Crippen LogP contribution in [0.4, 0.5) is 0 Å². The first-order valence-corrected chi connectivity index (χ1v) is 7.74. The minimum atomic E-state index is -0.489. The van der Waals surface area contributed by atoms with E-state index in [1.54, 1.807) is 0 Å². The molecular formula is C17H26O3. The first-order valence-electron chi connectivity index (χ1n) is 7.74. The summed E-state index contributed by atoms with van der Waals surface area (Å²) < 4.78 is 11.6. The van der Waals surface area contributed by atoms with Crippen molar-refractivity contribution in [2.24, 2.45) is 5.92 Å². The van der Waals surface area contributed by atoms with Gasteiger partial charge in [-0.3, -0.25) is 0 Å². The highest BCUT2D eigenvalue weighted by molar-refractivity contribution is 5.49. The van der Waals surface area contributed by atoms with Crippen LogP contribution < -0.4 is 9.47 Å². The third-order valence-corrected chi connectivity index (χ3v) is 4.14. The minimum absolute atomic E-state index is 0.208. The molecule has 0 bridgehead atoms. The molecule has 1 N–H and O–H groups in total. The van der Waals surface area contributed by atoms with Crippen molar-refractivity contribution < 1.29 is 14.6 Å². The molecule has 0 fully saturated rings. The van der Waals surface area contributed by atoms with Gasteiger partial charge in [-0.2, -0.15) is 0 Å². The van der Waals surface area contributed by atoms with Crippen LogP contribution in [0, 0.1) is 5.92 Å². The van der Waals surface area contributed by atoms with E-state index in [2.05, 4.69) is 20.8 Å². The van der Waals surface area contributed by atoms with Crippen molar-refractivity contribution in [3.8, 4) is 11.5 Å². The van der Waals surface area contributed by atoms with E-state index >= 15 is 0 Å². The van der Waals surface area contributed by atoms with Gasteiger partial charge in [0.05, 0.1) is 12.7 Å². The molecule has 1 aromatic rings. The van der Waals surface area contributed by atoms with Crippen LogP contribution in [0.2, 0.25) is 0 Å². The predicted molar refractivity (Wildman–Crippen MR) is 80.4 cm³/mol. The molecule has 0 aliphatic carbocycles. The number of rotatable bonds is 6. The van der Waals surface area contributed by atoms with E-state index < -0.39 is 6.10 Å². The lowest BCUT2D eigenvalue weighted by atomic mass is 9.90. The Bertz CT molecular complexity index is 452. The number of ether oxygens (including phenoxy) is 2. The summed E-state index contributed by atoms with van der Waals surface area (Å²) in [6.07, 6.45) is 2.54. The van der Waals surface area contributed by atoms with Gasteiger partial charge in [0.15, 0.2) is 0 Å². The number of aliphatic hydroxyl groups is 1. The number of hydrogen-bond acceptors (Lipinski definition) is 3. The van der Waals surface area contributed by atoms with Crippen molar-refractivity contribution in [1.82, 2.24) is 0 Å². The summed E-state index contributed by atoms with van der Waals surface area (Å²) in [5.74, 6) is 1.97. The molecule has 1 aliphatic rings. The Labute approximate surface area is 121 Å². The molecule has 112 valence electrons. The lowest BCUT2D eigenvalue weighted by molar-refractivity contribution is 0.0993. The van der Waals surface area contributed by atoms with Crippen LogP contribution in [0.5, 0.6) is 11.5 Å². The van der Waals surface area contributed by atoms with Gasteiger partial charge in [-0.25, -0.2) is 0 Å². The number of hydrogen-bond donors (Lipinski definition) is 1. The van der Waals surface area contributed by atoms with Gasteiger partial charge in [0.2, 0.25) is 0 Å². The molecule has 0 radical (unpaired) electrons. The Balaban J connectivity index is 2.37. The molecule has 2 unspecified atom stereocenters. The molecule has 2 atom stereocenters. The van der Waals surface area contributed by atoms with E-state index in [-0.39, 0.29) is 12.0 Å². The number of benzene rings is 1. The van der Waals surface area contributed by atoms with E-state index in [1.165, 1.54) is 5.56 Å². The Morgan fingerprint density at radius 1 is 1.30 bits per heavy atom. The normalized spacial score (nSPS) is 18.8. The largest absolute Gasteiger partial charge is 0.493 e. The van der Waals surface area contributed by atoms with Crippen LogP contribution in [0.3, 0.4) is 0 Å². The van der Waals surface area contributed by atoms with Gasteiger partial charge in [-0.15, -0.1) is 0 Å². The monoisotopic (exact) mass is 278 g/mol. The van der Waals surface area contributed by atoms with E-state index in [0.717, 1.165) is 36.3 Å². The summed E-state index contributed by atoms with van der Waals surface area (Å²) in [7, 11) is 0. The molecule has 0 amide bonds. The molecule has 3 nitrogen and oxygen atoms in total. The highest BCUT2D eigenvalue weighted by atomic mass is 16.5. The second-order valence-corrected chi connectivity index (χ2v) is 5.58. The average molecular weight is 278 g/mol. The summed E-state index contributed by atoms with van der Waals surface area (Å²) in [6, 6.07) is 4.02. The summed E-state index contributed by atoms with van der Waals surface area (Å²) in [5.41, 5.74) is 2.05. The Kier molecular flexibility index (Phi) is 4.92. The van der Waals surface area contributed by atoms with Gasteiger partial charge in [-0.1, -0.05) is 26.7 Å². The zero-order valence-corrected chi connectivity index (χ0v) is 13.0. The summed E-state index contributed by atoms with van der Waals surface area (Å²) in [6.45, 7) is 8.88. The molecule has 1 heterocycles. The van der Waals surface area contributed by atoms with Crippen LogP contribution in [-0.4, -0.2) is 17.8 Å². The van der Waals surface area contributed by atoms with Crippen molar-refractivity contribution >= 4 is 0 Å². The molecule has 2 rings (SSSR count). The van der Waals surface area contributed by atoms with E-state index in [0.29, 0.717) is 6.61 Å². The average Bonchev–Trinajstić information content (AvgIpc) is 2.78. The van der Waals surface area contributed by atoms with Gasteiger partial charge in [0.25, 0.3) is 0 Å². The first kappa shape index (κ1) is 15.2. The van der Waals surface area contributed by atoms with Crippen LogP contribution in [-0.2, 0) is 6.42 Å². The zero-order valence-electron chi connectivity index (χ0n) is 13.0. The van der Waals surface area contributed by atoms with Gasteiger partial charge < -0.3 is 14.6 Å². The third-order valence-electron chi connectivity index (χ3n) is 4.14. The summed E-state index contributed by atoms with van der Waals surface area (Å²) in [5, 5.41) is 10.6. The maximum absolute atomic E-state index is 10.6. The summed E-state index contributed by atoms with van der Waals surface area (Å²) >= 11 is 0. The van der Waals surface area contributed by atoms with Gasteiger partial charge in [0, 0.05) is 17.5 Å². The highest BCUT2D eigenvalue weighted by Gasteiger charge is 2.27. The third kappa shape index (κ3) is 2.93. The van der Waals surface area contributed by atoms with Gasteiger partial charge >= 0.3 is 0 Å². The highest BCUT2D eigenvalue weighted by Crippen LogP contribution is 2.40. The van der Waals surface area contributed by atoms with E-state index in [9.17, 15) is 5.11 Å². The fraction of sp³-hybridized carbons (Fsp3) is 0.647. The van der Waals surface area contributed by atoms with Crippen molar-refractivity contribution in [1.29, 1.82) is 0 Å². The maximum Gasteiger partial charge on any atom is 0.125 e. The van der Waals surface area contributed by atoms with Crippen LogP contribution in [0.15, 0.2) is 12.1 Å². The lowest BCUT2D eigenvalue weighted by Gasteiger charge is -2.23. The molecule has 3 heteroatoms. The smallest absolute Gasteiger partial charge is 0.125 e. The Morgan fingerprint density at radius 3 is 2.60 bits per heavy atom. The SMILES string of the molecule is CCOc1cc2c(cc1C(O)C(CC)CC)OC(C)C2. The standard InChI is InChI=1S/C17H26O3/c1-5-12(6-2)17(18)14-10-15-13(8-11(4)20-15)9-16(14)19-7-3/h9-12,17-18H,5-8H2,1-4H3. The molecule has 1 aromatic carbocycles. The van der Waals surface area contributed by atoms with Crippen LogP contribution in [0.25, 0.3) is 0 Å². The molecule has 0 aromatic heterocycles. The van der Waals surface area contributed by atoms with Crippen molar-refractivity contribution in [3.05, 3.63) is 23.3 Å². The molecule has 0 saturated carbocycles. The number of aliphatic hydroxyl groups excluding tert-OH is 1. The first-order chi connectivity index (χ1) is 9.60. The van der Waals surface area contributed by atoms with Crippen molar-refractivity contribution in [2.75, 3.05) is 6.61 Å². The number of fused-ring (bicyclic) bond motifs is 1. The fourth-order valence-corrected chi connectivity index (χ4v) is 2.96. The molecule has 0 spiro atoms. The second kappa shape index (κ2) is 6.49. The quantitative estimate of drug-likeness (QED) is 0.858. The molecule has 1 aliphatic heterocycles. The second-order valence-electron chi connectivity index (χ2n) is 5.58. The minimum Gasteiger partial charge on any atom is -0.493 e. The topological polar surface area (TPSA) is 38.7 Å². The maximum atomic E-state index is 10.6. The molecule has 0 saturated heterocycles. The van der Waals surface area contributed by atoms with Gasteiger partial charge in [-0.05, 0) is 31.9 Å². The summed E-state index contributed by atoms with van der Waals surface area (Å²) in [4.78, 5) is 0. The van der Waals surface area contributed by atoms with E-state index in [1.807, 2.05) is 19.1 Å². The van der Waals surface area contributed by atoms with Crippen molar-refractivity contribution in [3.63, 3.8) is 0 Å².